The number of hydrogen-bond donors (Lipinski definition) is 1. The van der Waals surface area contributed by atoms with Gasteiger partial charge in [0.25, 0.3) is 0 Å². The van der Waals surface area contributed by atoms with E-state index in [0.717, 1.165) is 23.4 Å². The lowest BCUT2D eigenvalue weighted by Gasteiger charge is -2.35. The van der Waals surface area contributed by atoms with E-state index in [1.165, 1.54) is 0 Å². The first-order valence-corrected chi connectivity index (χ1v) is 10.1. The topological polar surface area (TPSA) is 84.2 Å². The van der Waals surface area contributed by atoms with Crippen molar-refractivity contribution in [3.8, 4) is 11.5 Å². The number of amides is 1. The van der Waals surface area contributed by atoms with Crippen LogP contribution in [0.3, 0.4) is 0 Å². The summed E-state index contributed by atoms with van der Waals surface area (Å²) < 4.78 is 12.9. The molecule has 1 amide bonds. The normalized spacial score (nSPS) is 14.3. The van der Waals surface area contributed by atoms with Crippen LogP contribution in [0.15, 0.2) is 35.6 Å². The number of nitrogens with one attached hydrogen (secondary N) is 1. The van der Waals surface area contributed by atoms with Gasteiger partial charge in [0, 0.05) is 39.9 Å². The SMILES string of the molecule is CCCOc1ccc(CNC(=NC)N2CCN(c3cnn(C)c3)C(=O)C2)cc1OC.I. The van der Waals surface area contributed by atoms with Crippen molar-refractivity contribution in [1.82, 2.24) is 20.0 Å². The lowest BCUT2D eigenvalue weighted by molar-refractivity contribution is -0.120. The van der Waals surface area contributed by atoms with Gasteiger partial charge in [0.2, 0.25) is 5.91 Å². The van der Waals surface area contributed by atoms with Crippen LogP contribution in [-0.4, -0.2) is 66.9 Å². The van der Waals surface area contributed by atoms with E-state index >= 15 is 0 Å². The number of hydrogen-bond acceptors (Lipinski definition) is 5. The molecule has 1 fully saturated rings. The van der Waals surface area contributed by atoms with Crippen molar-refractivity contribution in [2.75, 3.05) is 45.3 Å². The Kier molecular flexibility index (Phi) is 9.41. The van der Waals surface area contributed by atoms with Crippen LogP contribution in [0.2, 0.25) is 0 Å². The molecule has 1 saturated heterocycles. The van der Waals surface area contributed by atoms with E-state index in [4.69, 9.17) is 9.47 Å². The molecule has 10 heteroatoms. The number of aromatic nitrogens is 2. The molecular weight excluding hydrogens is 511 g/mol. The molecule has 9 nitrogen and oxygen atoms in total. The largest absolute Gasteiger partial charge is 0.493 e. The standard InChI is InChI=1S/C21H30N6O3.HI/c1-5-10-30-18-7-6-16(11-19(18)29-4)12-23-21(22-2)26-8-9-27(20(28)15-26)17-13-24-25(3)14-17;/h6-7,11,13-14H,5,8-10,12,15H2,1-4H3,(H,22,23);1H. The van der Waals surface area contributed by atoms with Gasteiger partial charge in [-0.3, -0.25) is 14.5 Å². The van der Waals surface area contributed by atoms with Gasteiger partial charge < -0.3 is 24.6 Å². The fourth-order valence-electron chi connectivity index (χ4n) is 3.34. The van der Waals surface area contributed by atoms with Crippen LogP contribution in [0.25, 0.3) is 0 Å². The first kappa shape index (κ1) is 24.8. The highest BCUT2D eigenvalue weighted by molar-refractivity contribution is 14.0. The third kappa shape index (κ3) is 6.25. The number of benzene rings is 1. The quantitative estimate of drug-likeness (QED) is 0.329. The van der Waals surface area contributed by atoms with Crippen LogP contribution in [0.4, 0.5) is 5.69 Å². The van der Waals surface area contributed by atoms with Gasteiger partial charge in [-0.05, 0) is 24.1 Å². The third-order valence-corrected chi connectivity index (χ3v) is 4.88. The van der Waals surface area contributed by atoms with Crippen molar-refractivity contribution in [2.45, 2.75) is 19.9 Å². The second-order valence-electron chi connectivity index (χ2n) is 7.07. The maximum absolute atomic E-state index is 12.7. The van der Waals surface area contributed by atoms with E-state index in [1.54, 1.807) is 29.9 Å². The molecule has 3 rings (SSSR count). The molecule has 1 aliphatic heterocycles. The van der Waals surface area contributed by atoms with Crippen LogP contribution < -0.4 is 19.7 Å². The molecule has 0 radical (unpaired) electrons. The van der Waals surface area contributed by atoms with E-state index in [9.17, 15) is 4.79 Å². The maximum Gasteiger partial charge on any atom is 0.246 e. The van der Waals surface area contributed by atoms with E-state index < -0.39 is 0 Å². The van der Waals surface area contributed by atoms with E-state index in [2.05, 4.69) is 22.3 Å². The first-order valence-electron chi connectivity index (χ1n) is 10.1. The number of halogens is 1. The number of carbonyl (C=O) groups is 1. The van der Waals surface area contributed by atoms with Crippen LogP contribution >= 0.6 is 24.0 Å². The minimum absolute atomic E-state index is 0. The summed E-state index contributed by atoms with van der Waals surface area (Å²) in [4.78, 5) is 20.7. The van der Waals surface area contributed by atoms with Crippen molar-refractivity contribution in [3.63, 3.8) is 0 Å². The molecule has 0 atom stereocenters. The van der Waals surface area contributed by atoms with Gasteiger partial charge in [-0.15, -0.1) is 24.0 Å². The number of guanidine groups is 1. The summed E-state index contributed by atoms with van der Waals surface area (Å²) in [6, 6.07) is 5.88. The lowest BCUT2D eigenvalue weighted by atomic mass is 10.2. The molecule has 170 valence electrons. The average molecular weight is 542 g/mol. The molecule has 1 N–H and O–H groups in total. The fraction of sp³-hybridized carbons (Fsp3) is 0.476. The molecular formula is C21H31IN6O3. The molecule has 1 aliphatic rings. The highest BCUT2D eigenvalue weighted by atomic mass is 127. The van der Waals surface area contributed by atoms with E-state index in [0.29, 0.717) is 38.0 Å². The van der Waals surface area contributed by atoms with Gasteiger partial charge in [-0.1, -0.05) is 13.0 Å². The number of nitrogens with zero attached hydrogens (tertiary/aromatic N) is 5. The zero-order chi connectivity index (χ0) is 21.5. The Hall–Kier alpha value is -2.50. The number of rotatable bonds is 7. The van der Waals surface area contributed by atoms with Crippen molar-refractivity contribution >= 4 is 41.5 Å². The fourth-order valence-corrected chi connectivity index (χ4v) is 3.34. The summed E-state index contributed by atoms with van der Waals surface area (Å²) in [6.45, 7) is 4.82. The Morgan fingerprint density at radius 2 is 2.10 bits per heavy atom. The van der Waals surface area contributed by atoms with Gasteiger partial charge in [-0.2, -0.15) is 5.10 Å². The zero-order valence-electron chi connectivity index (χ0n) is 18.5. The molecule has 0 aliphatic carbocycles. The summed E-state index contributed by atoms with van der Waals surface area (Å²) in [5.41, 5.74) is 1.86. The summed E-state index contributed by atoms with van der Waals surface area (Å²) in [5.74, 6) is 2.17. The first-order chi connectivity index (χ1) is 14.5. The van der Waals surface area contributed by atoms with Crippen LogP contribution in [0, 0.1) is 0 Å². The van der Waals surface area contributed by atoms with Crippen LogP contribution in [0.5, 0.6) is 11.5 Å². The number of methoxy groups -OCH3 is 1. The molecule has 1 aromatic heterocycles. The van der Waals surface area contributed by atoms with Gasteiger partial charge in [-0.25, -0.2) is 0 Å². The van der Waals surface area contributed by atoms with Crippen molar-refractivity contribution in [3.05, 3.63) is 36.2 Å². The number of aliphatic imine (C=N–C) groups is 1. The molecule has 2 aromatic rings. The minimum Gasteiger partial charge on any atom is -0.493 e. The molecule has 31 heavy (non-hydrogen) atoms. The molecule has 2 heterocycles. The van der Waals surface area contributed by atoms with Crippen molar-refractivity contribution < 1.29 is 14.3 Å². The van der Waals surface area contributed by atoms with Gasteiger partial charge >= 0.3 is 0 Å². The Balaban J connectivity index is 0.00000341. The Labute approximate surface area is 200 Å². The molecule has 0 spiro atoms. The summed E-state index contributed by atoms with van der Waals surface area (Å²) in [6.07, 6.45) is 4.50. The number of anilines is 1. The summed E-state index contributed by atoms with van der Waals surface area (Å²) >= 11 is 0. The minimum atomic E-state index is 0. The second kappa shape index (κ2) is 11.8. The predicted molar refractivity (Wildman–Crippen MR) is 132 cm³/mol. The Morgan fingerprint density at radius 1 is 1.29 bits per heavy atom. The molecule has 1 aromatic carbocycles. The number of piperazine rings is 1. The van der Waals surface area contributed by atoms with E-state index in [1.807, 2.05) is 36.3 Å². The average Bonchev–Trinajstić information content (AvgIpc) is 3.19. The van der Waals surface area contributed by atoms with Crippen LogP contribution in [-0.2, 0) is 18.4 Å². The molecule has 0 bridgehead atoms. The Bertz CT molecular complexity index is 901. The van der Waals surface area contributed by atoms with Gasteiger partial charge in [0.15, 0.2) is 17.5 Å². The smallest absolute Gasteiger partial charge is 0.246 e. The maximum atomic E-state index is 12.7. The predicted octanol–water partition coefficient (Wildman–Crippen LogP) is 2.26. The lowest BCUT2D eigenvalue weighted by Crippen LogP contribution is -2.55. The summed E-state index contributed by atoms with van der Waals surface area (Å²) in [5, 5.41) is 7.49. The Morgan fingerprint density at radius 3 is 2.71 bits per heavy atom. The van der Waals surface area contributed by atoms with E-state index in [-0.39, 0.29) is 36.4 Å². The summed E-state index contributed by atoms with van der Waals surface area (Å²) in [7, 11) is 5.20. The monoisotopic (exact) mass is 542 g/mol. The molecule has 0 saturated carbocycles. The highest BCUT2D eigenvalue weighted by Crippen LogP contribution is 2.28. The highest BCUT2D eigenvalue weighted by Gasteiger charge is 2.27. The van der Waals surface area contributed by atoms with Crippen LogP contribution in [0.1, 0.15) is 18.9 Å². The third-order valence-electron chi connectivity index (χ3n) is 4.88. The number of ether oxygens (including phenoxy) is 2. The second-order valence-corrected chi connectivity index (χ2v) is 7.07. The number of carbonyl (C=O) groups excluding carboxylic acids is 1. The zero-order valence-corrected chi connectivity index (χ0v) is 20.8. The molecule has 0 unspecified atom stereocenters. The van der Waals surface area contributed by atoms with Gasteiger partial charge in [0.1, 0.15) is 6.54 Å². The van der Waals surface area contributed by atoms with Crippen molar-refractivity contribution in [2.24, 2.45) is 12.0 Å². The van der Waals surface area contributed by atoms with Crippen molar-refractivity contribution in [1.29, 1.82) is 0 Å². The van der Waals surface area contributed by atoms with Gasteiger partial charge in [0.05, 0.1) is 25.6 Å². The number of aryl methyl sites for hydroxylation is 1.